The molecule has 88 valence electrons. The van der Waals surface area contributed by atoms with Gasteiger partial charge in [-0.1, -0.05) is 18.9 Å². The van der Waals surface area contributed by atoms with Crippen LogP contribution in [0.2, 0.25) is 0 Å². The molecule has 0 unspecified atom stereocenters. The Bertz CT molecular complexity index is 291. The van der Waals surface area contributed by atoms with E-state index in [1.165, 1.54) is 31.4 Å². The molecule has 0 saturated heterocycles. The Hall–Kier alpha value is -0.890. The van der Waals surface area contributed by atoms with Gasteiger partial charge < -0.3 is 5.32 Å². The topological polar surface area (TPSA) is 24.9 Å². The van der Waals surface area contributed by atoms with Crippen molar-refractivity contribution in [2.45, 2.75) is 45.1 Å². The Balaban J connectivity index is 1.67. The first-order valence-electron chi connectivity index (χ1n) is 6.49. The number of aromatic nitrogens is 1. The molecule has 2 heteroatoms. The van der Waals surface area contributed by atoms with Gasteiger partial charge >= 0.3 is 0 Å². The lowest BCUT2D eigenvalue weighted by Crippen LogP contribution is -2.33. The van der Waals surface area contributed by atoms with E-state index < -0.39 is 0 Å². The molecule has 0 radical (unpaired) electrons. The standard InChI is InChI=1S/C14H22N2/c1-12(13-6-2-3-7-13)15-11-9-14-8-4-5-10-16-14/h4-5,8,10,12-13,15H,2-3,6-7,9,11H2,1H3/t12-/m0/s1. The van der Waals surface area contributed by atoms with Crippen LogP contribution < -0.4 is 5.32 Å². The molecule has 1 aliphatic carbocycles. The van der Waals surface area contributed by atoms with Crippen LogP contribution in [0.1, 0.15) is 38.3 Å². The summed E-state index contributed by atoms with van der Waals surface area (Å²) < 4.78 is 0. The van der Waals surface area contributed by atoms with E-state index in [0.717, 1.165) is 18.9 Å². The molecule has 0 amide bonds. The molecule has 0 bridgehead atoms. The minimum Gasteiger partial charge on any atom is -0.314 e. The molecular formula is C14H22N2. The average Bonchev–Trinajstić information content (AvgIpc) is 2.84. The lowest BCUT2D eigenvalue weighted by molar-refractivity contribution is 0.383. The van der Waals surface area contributed by atoms with Gasteiger partial charge in [0, 0.05) is 30.9 Å². The third kappa shape index (κ3) is 3.31. The molecule has 0 spiro atoms. The Morgan fingerprint density at radius 3 is 2.88 bits per heavy atom. The molecule has 0 aliphatic heterocycles. The maximum absolute atomic E-state index is 4.33. The summed E-state index contributed by atoms with van der Waals surface area (Å²) in [6.45, 7) is 3.38. The number of nitrogens with one attached hydrogen (secondary N) is 1. The molecule has 1 aromatic heterocycles. The first kappa shape index (κ1) is 11.6. The van der Waals surface area contributed by atoms with E-state index in [2.05, 4.69) is 29.4 Å². The van der Waals surface area contributed by atoms with E-state index in [9.17, 15) is 0 Å². The predicted molar refractivity (Wildman–Crippen MR) is 67.4 cm³/mol. The summed E-state index contributed by atoms with van der Waals surface area (Å²) in [5, 5.41) is 3.63. The number of hydrogen-bond acceptors (Lipinski definition) is 2. The zero-order chi connectivity index (χ0) is 11.2. The van der Waals surface area contributed by atoms with Crippen LogP contribution in [0.4, 0.5) is 0 Å². The van der Waals surface area contributed by atoms with Crippen molar-refractivity contribution in [1.29, 1.82) is 0 Å². The van der Waals surface area contributed by atoms with E-state index >= 15 is 0 Å². The van der Waals surface area contributed by atoms with Crippen LogP contribution in [0, 0.1) is 5.92 Å². The first-order valence-corrected chi connectivity index (χ1v) is 6.49. The fraction of sp³-hybridized carbons (Fsp3) is 0.643. The highest BCUT2D eigenvalue weighted by Gasteiger charge is 2.20. The summed E-state index contributed by atoms with van der Waals surface area (Å²) in [5.74, 6) is 0.906. The van der Waals surface area contributed by atoms with Gasteiger partial charge in [-0.15, -0.1) is 0 Å². The van der Waals surface area contributed by atoms with Crippen molar-refractivity contribution >= 4 is 0 Å². The van der Waals surface area contributed by atoms with Crippen LogP contribution in [-0.4, -0.2) is 17.6 Å². The summed E-state index contributed by atoms with van der Waals surface area (Å²) in [5.41, 5.74) is 1.19. The molecule has 1 N–H and O–H groups in total. The van der Waals surface area contributed by atoms with Crippen molar-refractivity contribution in [3.8, 4) is 0 Å². The Labute approximate surface area is 98.5 Å². The van der Waals surface area contributed by atoms with Crippen LogP contribution in [-0.2, 0) is 6.42 Å². The molecule has 2 rings (SSSR count). The van der Waals surface area contributed by atoms with Gasteiger partial charge in [0.2, 0.25) is 0 Å². The molecular weight excluding hydrogens is 196 g/mol. The lowest BCUT2D eigenvalue weighted by Gasteiger charge is -2.20. The smallest absolute Gasteiger partial charge is 0.0416 e. The minimum atomic E-state index is 0.672. The largest absolute Gasteiger partial charge is 0.314 e. The third-order valence-electron chi connectivity index (χ3n) is 3.68. The van der Waals surface area contributed by atoms with E-state index in [1.54, 1.807) is 0 Å². The molecule has 1 atom stereocenters. The van der Waals surface area contributed by atoms with Crippen LogP contribution in [0.5, 0.6) is 0 Å². The number of pyridine rings is 1. The highest BCUT2D eigenvalue weighted by atomic mass is 14.9. The van der Waals surface area contributed by atoms with Gasteiger partial charge in [0.25, 0.3) is 0 Å². The fourth-order valence-electron chi connectivity index (χ4n) is 2.60. The third-order valence-corrected chi connectivity index (χ3v) is 3.68. The summed E-state index contributed by atoms with van der Waals surface area (Å²) in [7, 11) is 0. The van der Waals surface area contributed by atoms with Gasteiger partial charge in [-0.25, -0.2) is 0 Å². The van der Waals surface area contributed by atoms with Crippen LogP contribution in [0.25, 0.3) is 0 Å². The number of hydrogen-bond donors (Lipinski definition) is 1. The summed E-state index contributed by atoms with van der Waals surface area (Å²) >= 11 is 0. The molecule has 1 aromatic rings. The van der Waals surface area contributed by atoms with Crippen molar-refractivity contribution in [2.75, 3.05) is 6.54 Å². The zero-order valence-electron chi connectivity index (χ0n) is 10.2. The van der Waals surface area contributed by atoms with Gasteiger partial charge in [0.1, 0.15) is 0 Å². The highest BCUT2D eigenvalue weighted by Crippen LogP contribution is 2.27. The molecule has 1 saturated carbocycles. The minimum absolute atomic E-state index is 0.672. The van der Waals surface area contributed by atoms with Crippen LogP contribution in [0.3, 0.4) is 0 Å². The zero-order valence-corrected chi connectivity index (χ0v) is 10.2. The monoisotopic (exact) mass is 218 g/mol. The maximum atomic E-state index is 4.33. The van der Waals surface area contributed by atoms with Crippen LogP contribution in [0.15, 0.2) is 24.4 Å². The van der Waals surface area contributed by atoms with Gasteiger partial charge in [-0.2, -0.15) is 0 Å². The number of rotatable bonds is 5. The Kier molecular flexibility index (Phi) is 4.34. The predicted octanol–water partition coefficient (Wildman–Crippen LogP) is 2.79. The summed E-state index contributed by atoms with van der Waals surface area (Å²) in [6.07, 6.45) is 8.59. The molecule has 0 aromatic carbocycles. The van der Waals surface area contributed by atoms with E-state index in [0.29, 0.717) is 6.04 Å². The van der Waals surface area contributed by atoms with Gasteiger partial charge in [0.05, 0.1) is 0 Å². The highest BCUT2D eigenvalue weighted by molar-refractivity contribution is 5.03. The van der Waals surface area contributed by atoms with Crippen LogP contribution >= 0.6 is 0 Å². The Morgan fingerprint density at radius 1 is 1.38 bits per heavy atom. The normalized spacial score (nSPS) is 18.8. The van der Waals surface area contributed by atoms with E-state index in [1.807, 2.05) is 12.3 Å². The van der Waals surface area contributed by atoms with E-state index in [-0.39, 0.29) is 0 Å². The van der Waals surface area contributed by atoms with Gasteiger partial charge in [-0.05, 0) is 37.8 Å². The SMILES string of the molecule is C[C@H](NCCc1ccccn1)C1CCCC1. The van der Waals surface area contributed by atoms with Crippen molar-refractivity contribution < 1.29 is 0 Å². The van der Waals surface area contributed by atoms with E-state index in [4.69, 9.17) is 0 Å². The van der Waals surface area contributed by atoms with Crippen molar-refractivity contribution in [3.05, 3.63) is 30.1 Å². The molecule has 16 heavy (non-hydrogen) atoms. The second-order valence-corrected chi connectivity index (χ2v) is 4.86. The first-order chi connectivity index (χ1) is 7.86. The van der Waals surface area contributed by atoms with Gasteiger partial charge in [-0.3, -0.25) is 4.98 Å². The van der Waals surface area contributed by atoms with Crippen molar-refractivity contribution in [2.24, 2.45) is 5.92 Å². The van der Waals surface area contributed by atoms with Gasteiger partial charge in [0.15, 0.2) is 0 Å². The molecule has 2 nitrogen and oxygen atoms in total. The maximum Gasteiger partial charge on any atom is 0.0416 e. The Morgan fingerprint density at radius 2 is 2.19 bits per heavy atom. The lowest BCUT2D eigenvalue weighted by atomic mass is 10.00. The number of nitrogens with zero attached hydrogens (tertiary/aromatic N) is 1. The summed E-state index contributed by atoms with van der Waals surface area (Å²) in [6, 6.07) is 6.80. The van der Waals surface area contributed by atoms with Crippen molar-refractivity contribution in [1.82, 2.24) is 10.3 Å². The second kappa shape index (κ2) is 6.00. The molecule has 1 heterocycles. The second-order valence-electron chi connectivity index (χ2n) is 4.86. The fourth-order valence-corrected chi connectivity index (χ4v) is 2.60. The summed E-state index contributed by atoms with van der Waals surface area (Å²) in [4.78, 5) is 4.33. The average molecular weight is 218 g/mol. The van der Waals surface area contributed by atoms with Crippen molar-refractivity contribution in [3.63, 3.8) is 0 Å². The molecule has 1 aliphatic rings. The molecule has 1 fully saturated rings. The quantitative estimate of drug-likeness (QED) is 0.822.